The average molecular weight is 293 g/mol. The van der Waals surface area contributed by atoms with Crippen molar-refractivity contribution in [2.75, 3.05) is 26.4 Å². The fourth-order valence-corrected chi connectivity index (χ4v) is 1.63. The first-order valence-corrected chi connectivity index (χ1v) is 7.16. The van der Waals surface area contributed by atoms with Gasteiger partial charge in [-0.15, -0.1) is 0 Å². The molecule has 0 heterocycles. The zero-order chi connectivity index (χ0) is 15.8. The zero-order valence-electron chi connectivity index (χ0n) is 12.6. The molecule has 0 saturated carbocycles. The van der Waals surface area contributed by atoms with Crippen LogP contribution in [-0.2, 0) is 14.2 Å². The van der Waals surface area contributed by atoms with Gasteiger partial charge in [-0.3, -0.25) is 0 Å². The third kappa shape index (κ3) is 13.1. The van der Waals surface area contributed by atoms with Crippen molar-refractivity contribution in [3.05, 3.63) is 0 Å². The lowest BCUT2D eigenvalue weighted by Crippen LogP contribution is -2.23. The molecule has 0 aliphatic carbocycles. The lowest BCUT2D eigenvalue weighted by molar-refractivity contribution is -0.0276. The van der Waals surface area contributed by atoms with Gasteiger partial charge < -0.3 is 14.2 Å². The van der Waals surface area contributed by atoms with Gasteiger partial charge >= 0.3 is 0 Å². The minimum atomic E-state index is -0.0981. The molecule has 6 heteroatoms. The summed E-state index contributed by atoms with van der Waals surface area (Å²) in [5.41, 5.74) is 0. The second-order valence-corrected chi connectivity index (χ2v) is 4.55. The van der Waals surface area contributed by atoms with Crippen LogP contribution in [0.3, 0.4) is 0 Å². The normalized spacial score (nSPS) is 12.9. The van der Waals surface area contributed by atoms with Gasteiger partial charge in [0.25, 0.3) is 0 Å². The van der Waals surface area contributed by atoms with Crippen LogP contribution in [0.5, 0.6) is 0 Å². The quantitative estimate of drug-likeness (QED) is 0.483. The van der Waals surface area contributed by atoms with E-state index < -0.39 is 0 Å². The molecule has 2 unspecified atom stereocenters. The highest BCUT2D eigenvalue weighted by molar-refractivity contribution is 4.71. The van der Waals surface area contributed by atoms with Crippen molar-refractivity contribution in [1.82, 2.24) is 0 Å². The van der Waals surface area contributed by atoms with Crippen LogP contribution in [0.25, 0.3) is 0 Å². The van der Waals surface area contributed by atoms with Crippen LogP contribution in [-0.4, -0.2) is 38.6 Å². The Balaban J connectivity index is 3.93. The molecule has 6 nitrogen and oxygen atoms in total. The van der Waals surface area contributed by atoms with Crippen molar-refractivity contribution >= 4 is 0 Å². The van der Waals surface area contributed by atoms with E-state index in [0.29, 0.717) is 45.7 Å². The largest absolute Gasteiger partial charge is 0.378 e. The van der Waals surface area contributed by atoms with E-state index in [1.165, 1.54) is 0 Å². The van der Waals surface area contributed by atoms with Gasteiger partial charge in [-0.05, 0) is 19.8 Å². The molecular weight excluding hydrogens is 270 g/mol. The summed E-state index contributed by atoms with van der Waals surface area (Å²) < 4.78 is 16.5. The number of hydrogen-bond donors (Lipinski definition) is 0. The lowest BCUT2D eigenvalue weighted by atomic mass is 10.1. The van der Waals surface area contributed by atoms with Crippen LogP contribution >= 0.6 is 0 Å². The molecule has 0 fully saturated rings. The van der Waals surface area contributed by atoms with Crippen LogP contribution in [0.4, 0.5) is 0 Å². The molecule has 0 aromatic rings. The molecule has 0 aliphatic heterocycles. The summed E-state index contributed by atoms with van der Waals surface area (Å²) in [6.45, 7) is 3.59. The molecule has 0 aromatic heterocycles. The zero-order valence-corrected chi connectivity index (χ0v) is 12.6. The third-order valence-corrected chi connectivity index (χ3v) is 2.74. The van der Waals surface area contributed by atoms with Gasteiger partial charge in [-0.25, -0.2) is 0 Å². The van der Waals surface area contributed by atoms with E-state index in [1.807, 2.05) is 25.1 Å². The van der Waals surface area contributed by atoms with Gasteiger partial charge in [0.05, 0.1) is 76.1 Å². The van der Waals surface area contributed by atoms with Crippen molar-refractivity contribution < 1.29 is 14.2 Å². The molecule has 0 aliphatic rings. The minimum Gasteiger partial charge on any atom is -0.378 e. The van der Waals surface area contributed by atoms with E-state index >= 15 is 0 Å². The van der Waals surface area contributed by atoms with Gasteiger partial charge in [-0.2, -0.15) is 15.8 Å². The van der Waals surface area contributed by atoms with Gasteiger partial charge in [0.1, 0.15) is 0 Å². The fraction of sp³-hybridized carbons (Fsp3) is 0.800. The Kier molecular flexibility index (Phi) is 13.6. The highest BCUT2D eigenvalue weighted by Crippen LogP contribution is 2.09. The molecule has 0 bridgehead atoms. The van der Waals surface area contributed by atoms with Gasteiger partial charge in [0.15, 0.2) is 0 Å². The fourth-order valence-electron chi connectivity index (χ4n) is 1.63. The molecule has 0 aromatic carbocycles. The second kappa shape index (κ2) is 14.8. The first kappa shape index (κ1) is 19.4. The number of rotatable bonds is 13. The predicted octanol–water partition coefficient (Wildman–Crippen LogP) is 2.31. The molecular formula is C15H23N3O3. The van der Waals surface area contributed by atoms with E-state index in [0.717, 1.165) is 12.8 Å². The topological polar surface area (TPSA) is 99.1 Å². The number of nitrogens with zero attached hydrogens (tertiary/aromatic N) is 3. The van der Waals surface area contributed by atoms with Crippen molar-refractivity contribution in [2.45, 2.75) is 51.2 Å². The SMILES string of the molecule is CC(CCC(COCCC#N)OCCC#N)OCCC#N. The number of nitriles is 3. The standard InChI is InChI=1S/C15H23N3O3/c1-14(20-11-3-8-17)5-6-15(21-12-4-9-18)13-19-10-2-7-16/h14-15H,2-6,10-13H2,1H3. The Labute approximate surface area is 126 Å². The summed E-state index contributed by atoms with van der Waals surface area (Å²) in [6, 6.07) is 6.09. The third-order valence-electron chi connectivity index (χ3n) is 2.74. The van der Waals surface area contributed by atoms with Crippen LogP contribution in [0.2, 0.25) is 0 Å². The average Bonchev–Trinajstić information content (AvgIpc) is 2.49. The molecule has 0 amide bonds. The van der Waals surface area contributed by atoms with Gasteiger partial charge in [0.2, 0.25) is 0 Å². The first-order chi connectivity index (χ1) is 10.2. The smallest absolute Gasteiger partial charge is 0.0809 e. The van der Waals surface area contributed by atoms with Gasteiger partial charge in [0, 0.05) is 0 Å². The summed E-state index contributed by atoms with van der Waals surface area (Å²) in [4.78, 5) is 0. The van der Waals surface area contributed by atoms with Crippen molar-refractivity contribution in [3.8, 4) is 18.2 Å². The van der Waals surface area contributed by atoms with E-state index in [2.05, 4.69) is 0 Å². The molecule has 0 N–H and O–H groups in total. The first-order valence-electron chi connectivity index (χ1n) is 7.16. The molecule has 2 atom stereocenters. The van der Waals surface area contributed by atoms with Crippen molar-refractivity contribution in [2.24, 2.45) is 0 Å². The summed E-state index contributed by atoms with van der Waals surface area (Å²) in [5, 5.41) is 25.4. The maximum absolute atomic E-state index is 8.52. The highest BCUT2D eigenvalue weighted by atomic mass is 16.5. The molecule has 0 saturated heterocycles. The summed E-state index contributed by atoms with van der Waals surface area (Å²) >= 11 is 0. The Hall–Kier alpha value is -1.65. The maximum Gasteiger partial charge on any atom is 0.0809 e. The number of hydrogen-bond acceptors (Lipinski definition) is 6. The Morgan fingerprint density at radius 2 is 1.38 bits per heavy atom. The molecule has 0 radical (unpaired) electrons. The van der Waals surface area contributed by atoms with Crippen molar-refractivity contribution in [1.29, 1.82) is 15.8 Å². The molecule has 116 valence electrons. The Morgan fingerprint density at radius 3 is 2.00 bits per heavy atom. The van der Waals surface area contributed by atoms with Crippen molar-refractivity contribution in [3.63, 3.8) is 0 Å². The lowest BCUT2D eigenvalue weighted by Gasteiger charge is -2.19. The van der Waals surface area contributed by atoms with E-state index in [9.17, 15) is 0 Å². The molecule has 0 rings (SSSR count). The monoisotopic (exact) mass is 293 g/mol. The molecule has 21 heavy (non-hydrogen) atoms. The summed E-state index contributed by atoms with van der Waals surface area (Å²) in [6.07, 6.45) is 2.61. The predicted molar refractivity (Wildman–Crippen MR) is 75.9 cm³/mol. The Bertz CT molecular complexity index is 368. The minimum absolute atomic E-state index is 0.0551. The molecule has 0 spiro atoms. The van der Waals surface area contributed by atoms with E-state index in [1.54, 1.807) is 0 Å². The van der Waals surface area contributed by atoms with Crippen LogP contribution in [0, 0.1) is 34.0 Å². The summed E-state index contributed by atoms with van der Waals surface area (Å²) in [7, 11) is 0. The maximum atomic E-state index is 8.52. The highest BCUT2D eigenvalue weighted by Gasteiger charge is 2.12. The van der Waals surface area contributed by atoms with Gasteiger partial charge in [-0.1, -0.05) is 0 Å². The second-order valence-electron chi connectivity index (χ2n) is 4.55. The van der Waals surface area contributed by atoms with Crippen LogP contribution in [0.15, 0.2) is 0 Å². The van der Waals surface area contributed by atoms with Crippen LogP contribution < -0.4 is 0 Å². The van der Waals surface area contributed by atoms with E-state index in [4.69, 9.17) is 30.0 Å². The number of ether oxygens (including phenoxy) is 3. The Morgan fingerprint density at radius 1 is 0.810 bits per heavy atom. The van der Waals surface area contributed by atoms with Crippen LogP contribution in [0.1, 0.15) is 39.0 Å². The summed E-state index contributed by atoms with van der Waals surface area (Å²) in [5.74, 6) is 0. The van der Waals surface area contributed by atoms with E-state index in [-0.39, 0.29) is 12.2 Å².